The van der Waals surface area contributed by atoms with Crippen LogP contribution >= 0.6 is 0 Å². The van der Waals surface area contributed by atoms with Crippen molar-refractivity contribution in [2.75, 3.05) is 26.2 Å². The summed E-state index contributed by atoms with van der Waals surface area (Å²) in [6.07, 6.45) is 3.24. The lowest BCUT2D eigenvalue weighted by Crippen LogP contribution is -2.50. The Kier molecular flexibility index (Phi) is 4.12. The maximum absolute atomic E-state index is 12.3. The van der Waals surface area contributed by atoms with Gasteiger partial charge in [-0.25, -0.2) is 4.98 Å². The zero-order valence-corrected chi connectivity index (χ0v) is 13.9. The van der Waals surface area contributed by atoms with Crippen LogP contribution in [0.1, 0.15) is 25.2 Å². The van der Waals surface area contributed by atoms with Gasteiger partial charge in [0, 0.05) is 44.2 Å². The molecule has 0 unspecified atom stereocenters. The van der Waals surface area contributed by atoms with E-state index in [2.05, 4.69) is 9.88 Å². The molecule has 2 aliphatic rings. The second-order valence-electron chi connectivity index (χ2n) is 6.75. The Morgan fingerprint density at radius 2 is 2.04 bits per heavy atom. The summed E-state index contributed by atoms with van der Waals surface area (Å²) >= 11 is 0. The van der Waals surface area contributed by atoms with Gasteiger partial charge >= 0.3 is 0 Å². The van der Waals surface area contributed by atoms with Gasteiger partial charge in [-0.1, -0.05) is 6.42 Å². The number of carbonyl (C=O) groups excluding carboxylic acids is 1. The number of hydrogen-bond acceptors (Lipinski definition) is 6. The molecule has 1 saturated carbocycles. The van der Waals surface area contributed by atoms with E-state index in [0.29, 0.717) is 29.4 Å². The van der Waals surface area contributed by atoms with Crippen molar-refractivity contribution in [1.29, 1.82) is 0 Å². The highest BCUT2D eigenvalue weighted by Gasteiger charge is 2.31. The number of non-ortho nitro benzene ring substituents is 1. The highest BCUT2D eigenvalue weighted by molar-refractivity contribution is 5.79. The van der Waals surface area contributed by atoms with Crippen LogP contribution in [-0.4, -0.2) is 51.8 Å². The van der Waals surface area contributed by atoms with E-state index in [-0.39, 0.29) is 11.6 Å². The first kappa shape index (κ1) is 16.0. The number of nitro groups is 1. The third-order valence-electron chi connectivity index (χ3n) is 5.12. The van der Waals surface area contributed by atoms with Crippen molar-refractivity contribution in [3.8, 4) is 0 Å². The van der Waals surface area contributed by atoms with Gasteiger partial charge in [0.25, 0.3) is 5.69 Å². The van der Waals surface area contributed by atoms with Crippen LogP contribution in [0.3, 0.4) is 0 Å². The molecule has 1 aromatic carbocycles. The van der Waals surface area contributed by atoms with E-state index in [4.69, 9.17) is 4.42 Å². The fraction of sp³-hybridized carbons (Fsp3) is 0.529. The maximum Gasteiger partial charge on any atom is 0.271 e. The van der Waals surface area contributed by atoms with E-state index in [0.717, 1.165) is 39.0 Å². The van der Waals surface area contributed by atoms with Gasteiger partial charge in [-0.2, -0.15) is 0 Å². The third kappa shape index (κ3) is 3.21. The zero-order valence-electron chi connectivity index (χ0n) is 13.9. The normalized spacial score (nSPS) is 19.1. The van der Waals surface area contributed by atoms with Gasteiger partial charge in [0.05, 0.1) is 11.5 Å². The average molecular weight is 344 g/mol. The average Bonchev–Trinajstić information content (AvgIpc) is 2.95. The number of amides is 1. The van der Waals surface area contributed by atoms with Crippen molar-refractivity contribution < 1.29 is 14.1 Å². The molecule has 1 amide bonds. The Labute approximate surface area is 144 Å². The minimum atomic E-state index is -0.438. The molecule has 8 nitrogen and oxygen atoms in total. The topological polar surface area (TPSA) is 92.7 Å². The number of nitrogens with zero attached hydrogens (tertiary/aromatic N) is 4. The highest BCUT2D eigenvalue weighted by atomic mass is 16.6. The summed E-state index contributed by atoms with van der Waals surface area (Å²) < 4.78 is 5.69. The van der Waals surface area contributed by atoms with E-state index in [1.807, 2.05) is 4.90 Å². The van der Waals surface area contributed by atoms with Crippen LogP contribution in [0.25, 0.3) is 11.1 Å². The van der Waals surface area contributed by atoms with Gasteiger partial charge < -0.3 is 9.32 Å². The third-order valence-corrected chi connectivity index (χ3v) is 5.12. The Morgan fingerprint density at radius 3 is 2.68 bits per heavy atom. The molecule has 1 saturated heterocycles. The van der Waals surface area contributed by atoms with Crippen LogP contribution in [0.4, 0.5) is 5.69 Å². The smallest absolute Gasteiger partial charge is 0.271 e. The lowest BCUT2D eigenvalue weighted by atomic mass is 9.84. The van der Waals surface area contributed by atoms with Gasteiger partial charge in [-0.05, 0) is 18.9 Å². The predicted molar refractivity (Wildman–Crippen MR) is 89.9 cm³/mol. The zero-order chi connectivity index (χ0) is 17.4. The fourth-order valence-electron chi connectivity index (χ4n) is 3.38. The first-order chi connectivity index (χ1) is 12.1. The number of rotatable bonds is 4. The van der Waals surface area contributed by atoms with Crippen LogP contribution in [0.15, 0.2) is 22.6 Å². The minimum Gasteiger partial charge on any atom is -0.439 e. The lowest BCUT2D eigenvalue weighted by molar-refractivity contribution is -0.384. The Balaban J connectivity index is 1.37. The summed E-state index contributed by atoms with van der Waals surface area (Å²) in [6.45, 7) is 3.60. The molecule has 0 radical (unpaired) electrons. The van der Waals surface area contributed by atoms with Crippen molar-refractivity contribution in [3.05, 3.63) is 34.2 Å². The van der Waals surface area contributed by atoms with Crippen LogP contribution in [0, 0.1) is 16.0 Å². The molecule has 0 spiro atoms. The number of aromatic nitrogens is 1. The van der Waals surface area contributed by atoms with E-state index < -0.39 is 4.92 Å². The van der Waals surface area contributed by atoms with Crippen molar-refractivity contribution in [2.45, 2.75) is 25.8 Å². The predicted octanol–water partition coefficient (Wildman–Crippen LogP) is 2.18. The number of oxazole rings is 1. The molecule has 25 heavy (non-hydrogen) atoms. The van der Waals surface area contributed by atoms with Crippen LogP contribution < -0.4 is 0 Å². The first-order valence-corrected chi connectivity index (χ1v) is 8.65. The van der Waals surface area contributed by atoms with Crippen molar-refractivity contribution in [3.63, 3.8) is 0 Å². The Bertz CT molecular complexity index is 806. The lowest BCUT2D eigenvalue weighted by Gasteiger charge is -2.37. The number of hydrogen-bond donors (Lipinski definition) is 0. The van der Waals surface area contributed by atoms with Crippen molar-refractivity contribution >= 4 is 22.7 Å². The summed E-state index contributed by atoms with van der Waals surface area (Å²) in [7, 11) is 0. The van der Waals surface area contributed by atoms with Crippen molar-refractivity contribution in [2.24, 2.45) is 5.92 Å². The molecule has 0 atom stereocenters. The molecule has 4 rings (SSSR count). The fourth-order valence-corrected chi connectivity index (χ4v) is 3.38. The van der Waals surface area contributed by atoms with E-state index in [9.17, 15) is 14.9 Å². The van der Waals surface area contributed by atoms with Crippen molar-refractivity contribution in [1.82, 2.24) is 14.8 Å². The molecular formula is C17H20N4O4. The van der Waals surface area contributed by atoms with Crippen LogP contribution in [-0.2, 0) is 11.3 Å². The first-order valence-electron chi connectivity index (χ1n) is 8.65. The molecule has 132 valence electrons. The second-order valence-corrected chi connectivity index (χ2v) is 6.75. The van der Waals surface area contributed by atoms with E-state index in [1.165, 1.54) is 18.6 Å². The number of benzene rings is 1. The van der Waals surface area contributed by atoms with Gasteiger partial charge in [-0.15, -0.1) is 0 Å². The Morgan fingerprint density at radius 1 is 1.28 bits per heavy atom. The van der Waals surface area contributed by atoms with Crippen LogP contribution in [0.2, 0.25) is 0 Å². The number of carbonyl (C=O) groups is 1. The quantitative estimate of drug-likeness (QED) is 0.623. The summed E-state index contributed by atoms with van der Waals surface area (Å²) in [5.74, 6) is 1.11. The number of fused-ring (bicyclic) bond motifs is 1. The molecule has 2 heterocycles. The molecule has 1 aromatic heterocycles. The minimum absolute atomic E-state index is 0.00970. The molecule has 0 bridgehead atoms. The van der Waals surface area contributed by atoms with Gasteiger partial charge in [0.15, 0.2) is 5.58 Å². The molecule has 1 aliphatic heterocycles. The number of piperazine rings is 1. The molecule has 2 fully saturated rings. The summed E-state index contributed by atoms with van der Waals surface area (Å²) in [5.41, 5.74) is 1.07. The second kappa shape index (κ2) is 6.44. The Hall–Kier alpha value is -2.48. The molecule has 2 aromatic rings. The highest BCUT2D eigenvalue weighted by Crippen LogP contribution is 2.28. The van der Waals surface area contributed by atoms with E-state index >= 15 is 0 Å². The van der Waals surface area contributed by atoms with Crippen LogP contribution in [0.5, 0.6) is 0 Å². The van der Waals surface area contributed by atoms with Gasteiger partial charge in [0.1, 0.15) is 5.52 Å². The monoisotopic (exact) mass is 344 g/mol. The summed E-state index contributed by atoms with van der Waals surface area (Å²) in [6, 6.07) is 4.43. The standard InChI is InChI=1S/C17H20N4O4/c22-17(12-2-1-3-12)20-8-6-19(7-9-20)11-16-18-14-10-13(21(23)24)4-5-15(14)25-16/h4-5,10,12H,1-3,6-9,11H2. The largest absolute Gasteiger partial charge is 0.439 e. The molecule has 8 heteroatoms. The molecular weight excluding hydrogens is 324 g/mol. The number of nitro benzene ring substituents is 1. The van der Waals surface area contributed by atoms with E-state index in [1.54, 1.807) is 6.07 Å². The summed E-state index contributed by atoms with van der Waals surface area (Å²) in [5, 5.41) is 10.8. The SMILES string of the molecule is O=C(C1CCC1)N1CCN(Cc2nc3cc([N+](=O)[O-])ccc3o2)CC1. The summed E-state index contributed by atoms with van der Waals surface area (Å²) in [4.78, 5) is 31.2. The molecule has 1 aliphatic carbocycles. The molecule has 0 N–H and O–H groups in total. The van der Waals surface area contributed by atoms with Gasteiger partial charge in [-0.3, -0.25) is 19.8 Å². The van der Waals surface area contributed by atoms with Gasteiger partial charge in [0.2, 0.25) is 11.8 Å². The maximum atomic E-state index is 12.3.